The van der Waals surface area contributed by atoms with Crippen molar-refractivity contribution in [2.24, 2.45) is 0 Å². The Hall–Kier alpha value is -2.88. The number of hydrogen-bond donors (Lipinski definition) is 0. The van der Waals surface area contributed by atoms with Crippen LogP contribution in [0.15, 0.2) is 53.7 Å². The highest BCUT2D eigenvalue weighted by atomic mass is 16.5. The van der Waals surface area contributed by atoms with Crippen LogP contribution in [0.2, 0.25) is 0 Å². The van der Waals surface area contributed by atoms with Gasteiger partial charge in [-0.15, -0.1) is 0 Å². The molecule has 2 aliphatic rings. The molecule has 0 bridgehead atoms. The minimum atomic E-state index is -0.201. The van der Waals surface area contributed by atoms with E-state index in [1.807, 2.05) is 49.4 Å². The second-order valence-corrected chi connectivity index (χ2v) is 7.67. The molecule has 1 atom stereocenters. The zero-order chi connectivity index (χ0) is 19.8. The molecule has 1 aliphatic heterocycles. The van der Waals surface area contributed by atoms with E-state index in [0.29, 0.717) is 12.8 Å². The van der Waals surface area contributed by atoms with Gasteiger partial charge >= 0.3 is 0 Å². The first-order chi connectivity index (χ1) is 13.5. The minimum absolute atomic E-state index is 0.0459. The summed E-state index contributed by atoms with van der Waals surface area (Å²) in [5.74, 6) is 0.750. The summed E-state index contributed by atoms with van der Waals surface area (Å²) in [5.41, 5.74) is 5.84. The number of aryl methyl sites for hydroxylation is 2. The molecule has 0 radical (unpaired) electrons. The van der Waals surface area contributed by atoms with Gasteiger partial charge in [-0.05, 0) is 67.6 Å². The average Bonchev–Trinajstić information content (AvgIpc) is 2.70. The number of amides is 1. The van der Waals surface area contributed by atoms with Crippen molar-refractivity contribution >= 4 is 17.4 Å². The summed E-state index contributed by atoms with van der Waals surface area (Å²) in [7, 11) is 1.63. The first-order valence-electron chi connectivity index (χ1n) is 9.80. The molecular formula is C24H25NO3. The highest BCUT2D eigenvalue weighted by Gasteiger charge is 2.39. The smallest absolute Gasteiger partial charge is 0.232 e. The van der Waals surface area contributed by atoms with Gasteiger partial charge in [0.15, 0.2) is 5.78 Å². The van der Waals surface area contributed by atoms with E-state index in [9.17, 15) is 9.59 Å². The molecule has 0 saturated carbocycles. The van der Waals surface area contributed by atoms with Crippen LogP contribution >= 0.6 is 0 Å². The first-order valence-corrected chi connectivity index (χ1v) is 9.80. The Morgan fingerprint density at radius 2 is 1.82 bits per heavy atom. The van der Waals surface area contributed by atoms with Crippen molar-refractivity contribution < 1.29 is 14.3 Å². The van der Waals surface area contributed by atoms with Gasteiger partial charge in [-0.25, -0.2) is 0 Å². The van der Waals surface area contributed by atoms with E-state index in [1.54, 1.807) is 12.0 Å². The summed E-state index contributed by atoms with van der Waals surface area (Å²) in [6.45, 7) is 4.11. The van der Waals surface area contributed by atoms with Gasteiger partial charge in [0.1, 0.15) is 5.75 Å². The Morgan fingerprint density at radius 3 is 2.57 bits per heavy atom. The van der Waals surface area contributed by atoms with E-state index in [-0.39, 0.29) is 17.6 Å². The van der Waals surface area contributed by atoms with Crippen LogP contribution in [0, 0.1) is 13.8 Å². The lowest BCUT2D eigenvalue weighted by Gasteiger charge is -2.38. The number of ketones is 1. The largest absolute Gasteiger partial charge is 0.497 e. The van der Waals surface area contributed by atoms with Gasteiger partial charge in [-0.3, -0.25) is 14.5 Å². The molecule has 1 amide bonds. The van der Waals surface area contributed by atoms with Crippen LogP contribution in [0.4, 0.5) is 5.69 Å². The number of allylic oxidation sites excluding steroid dienone is 2. The molecule has 0 N–H and O–H groups in total. The van der Waals surface area contributed by atoms with Gasteiger partial charge in [0, 0.05) is 35.7 Å². The lowest BCUT2D eigenvalue weighted by molar-refractivity contribution is -0.119. The maximum absolute atomic E-state index is 13.2. The summed E-state index contributed by atoms with van der Waals surface area (Å²) in [6, 6.07) is 13.8. The van der Waals surface area contributed by atoms with Gasteiger partial charge in [0.2, 0.25) is 5.91 Å². The Kier molecular flexibility index (Phi) is 4.80. The third-order valence-electron chi connectivity index (χ3n) is 5.92. The second kappa shape index (κ2) is 7.27. The van der Waals surface area contributed by atoms with Crippen LogP contribution in [0.5, 0.6) is 5.75 Å². The maximum atomic E-state index is 13.2. The van der Waals surface area contributed by atoms with Gasteiger partial charge in [0.05, 0.1) is 7.11 Å². The van der Waals surface area contributed by atoms with Gasteiger partial charge in [0.25, 0.3) is 0 Å². The molecule has 2 aromatic rings. The van der Waals surface area contributed by atoms with Gasteiger partial charge in [-0.1, -0.05) is 18.2 Å². The number of rotatable bonds is 3. The number of carbonyl (C=O) groups is 2. The van der Waals surface area contributed by atoms with E-state index in [0.717, 1.165) is 46.7 Å². The molecule has 4 nitrogen and oxygen atoms in total. The fourth-order valence-corrected chi connectivity index (χ4v) is 4.30. The summed E-state index contributed by atoms with van der Waals surface area (Å²) in [5, 5.41) is 0. The minimum Gasteiger partial charge on any atom is -0.497 e. The molecule has 28 heavy (non-hydrogen) atoms. The molecule has 4 heteroatoms. The van der Waals surface area contributed by atoms with E-state index in [4.69, 9.17) is 4.74 Å². The first kappa shape index (κ1) is 18.5. The van der Waals surface area contributed by atoms with E-state index in [2.05, 4.69) is 6.92 Å². The number of hydrogen-bond acceptors (Lipinski definition) is 3. The molecule has 1 heterocycles. The number of ether oxygens (including phenoxy) is 1. The van der Waals surface area contributed by atoms with Crippen molar-refractivity contribution in [3.8, 4) is 5.75 Å². The van der Waals surface area contributed by atoms with Crippen molar-refractivity contribution in [1.82, 2.24) is 0 Å². The summed E-state index contributed by atoms with van der Waals surface area (Å²) in [6.07, 6.45) is 2.39. The second-order valence-electron chi connectivity index (χ2n) is 7.67. The normalized spacial score (nSPS) is 19.7. The maximum Gasteiger partial charge on any atom is 0.232 e. The zero-order valence-electron chi connectivity index (χ0n) is 16.6. The molecule has 0 spiro atoms. The summed E-state index contributed by atoms with van der Waals surface area (Å²) in [4.78, 5) is 28.0. The third kappa shape index (κ3) is 3.13. The monoisotopic (exact) mass is 375 g/mol. The number of benzene rings is 2. The highest BCUT2D eigenvalue weighted by Crippen LogP contribution is 2.44. The van der Waals surface area contributed by atoms with Gasteiger partial charge in [-0.2, -0.15) is 0 Å². The Bertz CT molecular complexity index is 989. The summed E-state index contributed by atoms with van der Waals surface area (Å²) >= 11 is 0. The van der Waals surface area contributed by atoms with Crippen LogP contribution in [0.1, 0.15) is 48.3 Å². The van der Waals surface area contributed by atoms with Crippen molar-refractivity contribution in [1.29, 1.82) is 0 Å². The van der Waals surface area contributed by atoms with E-state index in [1.165, 1.54) is 5.56 Å². The Labute approximate surface area is 165 Å². The van der Waals surface area contributed by atoms with E-state index >= 15 is 0 Å². The number of carbonyl (C=O) groups excluding carboxylic acids is 2. The van der Waals surface area contributed by atoms with Crippen molar-refractivity contribution in [2.45, 2.75) is 45.4 Å². The molecular weight excluding hydrogens is 350 g/mol. The predicted octanol–water partition coefficient (Wildman–Crippen LogP) is 4.84. The van der Waals surface area contributed by atoms with Gasteiger partial charge < -0.3 is 4.74 Å². The average molecular weight is 375 g/mol. The third-order valence-corrected chi connectivity index (χ3v) is 5.92. The molecule has 0 aromatic heterocycles. The van der Waals surface area contributed by atoms with Crippen LogP contribution in [0.25, 0.3) is 0 Å². The lowest BCUT2D eigenvalue weighted by Crippen LogP contribution is -2.40. The number of methoxy groups -OCH3 is 1. The molecule has 4 rings (SSSR count). The molecule has 0 fully saturated rings. The van der Waals surface area contributed by atoms with Crippen LogP contribution < -0.4 is 9.64 Å². The van der Waals surface area contributed by atoms with Crippen LogP contribution in [-0.4, -0.2) is 18.8 Å². The molecule has 1 unspecified atom stereocenters. The SMILES string of the molecule is COc1cccc(C2CC(=O)N(c3ccc(C)c(C)c3)C3=C2C(=O)CCC3)c1. The Balaban J connectivity index is 1.85. The van der Waals surface area contributed by atoms with Crippen LogP contribution in [0.3, 0.4) is 0 Å². The molecule has 1 aliphatic carbocycles. The highest BCUT2D eigenvalue weighted by molar-refractivity contribution is 6.07. The standard InChI is InChI=1S/C24H25NO3/c1-15-10-11-18(12-16(15)2)25-21-8-5-9-22(26)24(21)20(14-23(25)27)17-6-4-7-19(13-17)28-3/h4,6-7,10-13,20H,5,8-9,14H2,1-3H3. The fourth-order valence-electron chi connectivity index (χ4n) is 4.30. The molecule has 144 valence electrons. The zero-order valence-corrected chi connectivity index (χ0v) is 16.6. The lowest BCUT2D eigenvalue weighted by atomic mass is 9.77. The number of anilines is 1. The molecule has 2 aromatic carbocycles. The Morgan fingerprint density at radius 1 is 1.00 bits per heavy atom. The number of Topliss-reactive ketones (excluding diaryl/α,β-unsaturated/α-hetero) is 1. The van der Waals surface area contributed by atoms with Crippen LogP contribution in [-0.2, 0) is 9.59 Å². The van der Waals surface area contributed by atoms with E-state index < -0.39 is 0 Å². The number of nitrogens with zero attached hydrogens (tertiary/aromatic N) is 1. The van der Waals surface area contributed by atoms with Crippen molar-refractivity contribution in [3.63, 3.8) is 0 Å². The summed E-state index contributed by atoms with van der Waals surface area (Å²) < 4.78 is 5.35. The quantitative estimate of drug-likeness (QED) is 0.771. The van der Waals surface area contributed by atoms with Crippen molar-refractivity contribution in [2.75, 3.05) is 12.0 Å². The molecule has 0 saturated heterocycles. The topological polar surface area (TPSA) is 46.6 Å². The fraction of sp³-hybridized carbons (Fsp3) is 0.333. The van der Waals surface area contributed by atoms with Crippen molar-refractivity contribution in [3.05, 3.63) is 70.4 Å². The predicted molar refractivity (Wildman–Crippen MR) is 110 cm³/mol.